The molecule has 2 heterocycles. The summed E-state index contributed by atoms with van der Waals surface area (Å²) in [7, 11) is 0. The van der Waals surface area contributed by atoms with E-state index in [0.717, 1.165) is 25.7 Å². The molecule has 0 spiro atoms. The highest BCUT2D eigenvalue weighted by Crippen LogP contribution is 2.31. The van der Waals surface area contributed by atoms with E-state index >= 15 is 0 Å². The number of rotatable bonds is 5. The molecule has 1 saturated heterocycles. The van der Waals surface area contributed by atoms with Gasteiger partial charge in [0.25, 0.3) is 5.91 Å². The quantitative estimate of drug-likeness (QED) is 0.853. The van der Waals surface area contributed by atoms with E-state index in [0.29, 0.717) is 25.4 Å². The highest BCUT2D eigenvalue weighted by molar-refractivity contribution is 5.95. The molecular weight excluding hydrogens is 282 g/mol. The molecule has 0 aromatic carbocycles. The molecule has 1 aliphatic heterocycles. The smallest absolute Gasteiger partial charge is 0.290 e. The van der Waals surface area contributed by atoms with Gasteiger partial charge in [-0.3, -0.25) is 9.59 Å². The molecule has 2 unspecified atom stereocenters. The number of piperidine rings is 1. The lowest BCUT2D eigenvalue weighted by atomic mass is 10.0. The van der Waals surface area contributed by atoms with Gasteiger partial charge in [0.15, 0.2) is 5.76 Å². The van der Waals surface area contributed by atoms with Crippen LogP contribution in [0.5, 0.6) is 0 Å². The Bertz CT molecular complexity index is 525. The SMILES string of the molecule is NC(CNC(=O)C1CCCCN1C(=O)c1ccco1)C1CC1. The van der Waals surface area contributed by atoms with Crippen LogP contribution in [-0.2, 0) is 4.79 Å². The van der Waals surface area contributed by atoms with Crippen LogP contribution < -0.4 is 11.1 Å². The van der Waals surface area contributed by atoms with E-state index in [1.54, 1.807) is 17.0 Å². The van der Waals surface area contributed by atoms with Crippen LogP contribution in [0.3, 0.4) is 0 Å². The molecule has 3 N–H and O–H groups in total. The van der Waals surface area contributed by atoms with Crippen molar-refractivity contribution in [3.63, 3.8) is 0 Å². The first-order valence-electron chi connectivity index (χ1n) is 8.04. The van der Waals surface area contributed by atoms with Gasteiger partial charge in [0.2, 0.25) is 5.91 Å². The summed E-state index contributed by atoms with van der Waals surface area (Å²) in [5, 5.41) is 2.92. The number of furan rings is 1. The number of amides is 2. The molecular formula is C16H23N3O3. The Kier molecular flexibility index (Phi) is 4.47. The molecule has 120 valence electrons. The molecule has 1 aromatic rings. The fraction of sp³-hybridized carbons (Fsp3) is 0.625. The summed E-state index contributed by atoms with van der Waals surface area (Å²) < 4.78 is 5.17. The minimum absolute atomic E-state index is 0.0294. The third-order valence-electron chi connectivity index (χ3n) is 4.54. The molecule has 6 heteroatoms. The van der Waals surface area contributed by atoms with Gasteiger partial charge in [-0.25, -0.2) is 0 Å². The molecule has 22 heavy (non-hydrogen) atoms. The van der Waals surface area contributed by atoms with Crippen molar-refractivity contribution in [2.45, 2.75) is 44.2 Å². The second-order valence-corrected chi connectivity index (χ2v) is 6.23. The molecule has 2 fully saturated rings. The fourth-order valence-electron chi connectivity index (χ4n) is 3.02. The van der Waals surface area contributed by atoms with E-state index in [4.69, 9.17) is 10.2 Å². The number of nitrogens with zero attached hydrogens (tertiary/aromatic N) is 1. The summed E-state index contributed by atoms with van der Waals surface area (Å²) in [5.74, 6) is 0.522. The van der Waals surface area contributed by atoms with Crippen LogP contribution in [0.2, 0.25) is 0 Å². The third kappa shape index (κ3) is 3.32. The maximum absolute atomic E-state index is 12.5. The van der Waals surface area contributed by atoms with E-state index in [2.05, 4.69) is 5.32 Å². The predicted molar refractivity (Wildman–Crippen MR) is 81.1 cm³/mol. The number of likely N-dealkylation sites (tertiary alicyclic amines) is 1. The lowest BCUT2D eigenvalue weighted by Gasteiger charge is -2.34. The van der Waals surface area contributed by atoms with E-state index in [1.807, 2.05) is 0 Å². The minimum Gasteiger partial charge on any atom is -0.459 e. The van der Waals surface area contributed by atoms with Crippen LogP contribution in [0.1, 0.15) is 42.7 Å². The number of carbonyl (C=O) groups excluding carboxylic acids is 2. The summed E-state index contributed by atoms with van der Waals surface area (Å²) in [6.07, 6.45) is 6.34. The normalized spacial score (nSPS) is 23.1. The first kappa shape index (κ1) is 15.1. The van der Waals surface area contributed by atoms with Gasteiger partial charge in [-0.2, -0.15) is 0 Å². The van der Waals surface area contributed by atoms with Crippen molar-refractivity contribution in [3.8, 4) is 0 Å². The Morgan fingerprint density at radius 3 is 2.86 bits per heavy atom. The van der Waals surface area contributed by atoms with E-state index in [-0.39, 0.29) is 23.6 Å². The van der Waals surface area contributed by atoms with Crippen LogP contribution in [0.15, 0.2) is 22.8 Å². The van der Waals surface area contributed by atoms with Crippen molar-refractivity contribution in [1.29, 1.82) is 0 Å². The Morgan fingerprint density at radius 2 is 2.18 bits per heavy atom. The third-order valence-corrected chi connectivity index (χ3v) is 4.54. The molecule has 0 radical (unpaired) electrons. The van der Waals surface area contributed by atoms with Crippen molar-refractivity contribution >= 4 is 11.8 Å². The predicted octanol–water partition coefficient (Wildman–Crippen LogP) is 1.13. The first-order valence-corrected chi connectivity index (χ1v) is 8.04. The number of carbonyl (C=O) groups is 2. The zero-order chi connectivity index (χ0) is 15.5. The molecule has 1 aliphatic carbocycles. The highest BCUT2D eigenvalue weighted by Gasteiger charge is 2.34. The molecule has 6 nitrogen and oxygen atoms in total. The lowest BCUT2D eigenvalue weighted by Crippen LogP contribution is -2.53. The van der Waals surface area contributed by atoms with E-state index < -0.39 is 6.04 Å². The number of nitrogens with one attached hydrogen (secondary N) is 1. The van der Waals surface area contributed by atoms with Gasteiger partial charge in [0.05, 0.1) is 6.26 Å². The molecule has 2 amide bonds. The second kappa shape index (κ2) is 6.52. The monoisotopic (exact) mass is 305 g/mol. The zero-order valence-corrected chi connectivity index (χ0v) is 12.7. The topological polar surface area (TPSA) is 88.6 Å². The van der Waals surface area contributed by atoms with Crippen LogP contribution in [0.25, 0.3) is 0 Å². The van der Waals surface area contributed by atoms with Crippen LogP contribution in [-0.4, -0.2) is 41.9 Å². The molecule has 3 rings (SSSR count). The van der Waals surface area contributed by atoms with Gasteiger partial charge in [0, 0.05) is 19.1 Å². The van der Waals surface area contributed by atoms with Gasteiger partial charge in [-0.15, -0.1) is 0 Å². The van der Waals surface area contributed by atoms with E-state index in [9.17, 15) is 9.59 Å². The van der Waals surface area contributed by atoms with Gasteiger partial charge >= 0.3 is 0 Å². The fourth-order valence-corrected chi connectivity index (χ4v) is 3.02. The summed E-state index contributed by atoms with van der Waals surface area (Å²) >= 11 is 0. The molecule has 2 atom stereocenters. The van der Waals surface area contributed by atoms with Gasteiger partial charge in [-0.1, -0.05) is 0 Å². The Balaban J connectivity index is 1.61. The molecule has 2 aliphatic rings. The summed E-state index contributed by atoms with van der Waals surface area (Å²) in [4.78, 5) is 26.5. The number of hydrogen-bond acceptors (Lipinski definition) is 4. The molecule has 0 bridgehead atoms. The average Bonchev–Trinajstić information content (AvgIpc) is 3.26. The zero-order valence-electron chi connectivity index (χ0n) is 12.7. The Hall–Kier alpha value is -1.82. The second-order valence-electron chi connectivity index (χ2n) is 6.23. The van der Waals surface area contributed by atoms with Gasteiger partial charge < -0.3 is 20.4 Å². The van der Waals surface area contributed by atoms with Crippen LogP contribution >= 0.6 is 0 Å². The lowest BCUT2D eigenvalue weighted by molar-refractivity contribution is -0.126. The maximum atomic E-state index is 12.5. The van der Waals surface area contributed by atoms with Crippen molar-refractivity contribution in [2.75, 3.05) is 13.1 Å². The summed E-state index contributed by atoms with van der Waals surface area (Å²) in [5.41, 5.74) is 6.02. The van der Waals surface area contributed by atoms with Crippen molar-refractivity contribution in [1.82, 2.24) is 10.2 Å². The Labute approximate surface area is 130 Å². The highest BCUT2D eigenvalue weighted by atomic mass is 16.3. The summed E-state index contributed by atoms with van der Waals surface area (Å²) in [6, 6.07) is 2.93. The van der Waals surface area contributed by atoms with Gasteiger partial charge in [-0.05, 0) is 50.2 Å². The minimum atomic E-state index is -0.419. The number of nitrogens with two attached hydrogens (primary N) is 1. The molecule has 1 saturated carbocycles. The standard InChI is InChI=1S/C16H23N3O3/c17-12(11-6-7-11)10-18-15(20)13-4-1-2-8-19(13)16(21)14-5-3-9-22-14/h3,5,9,11-13H,1-2,4,6-8,10,17H2,(H,18,20). The summed E-state index contributed by atoms with van der Waals surface area (Å²) in [6.45, 7) is 1.08. The first-order chi connectivity index (χ1) is 10.7. The maximum Gasteiger partial charge on any atom is 0.290 e. The van der Waals surface area contributed by atoms with Crippen LogP contribution in [0, 0.1) is 5.92 Å². The number of hydrogen-bond donors (Lipinski definition) is 2. The Morgan fingerprint density at radius 1 is 1.36 bits per heavy atom. The van der Waals surface area contributed by atoms with Crippen molar-refractivity contribution in [3.05, 3.63) is 24.2 Å². The van der Waals surface area contributed by atoms with Gasteiger partial charge in [0.1, 0.15) is 6.04 Å². The van der Waals surface area contributed by atoms with E-state index in [1.165, 1.54) is 6.26 Å². The molecule has 1 aromatic heterocycles. The van der Waals surface area contributed by atoms with Crippen LogP contribution in [0.4, 0.5) is 0 Å². The average molecular weight is 305 g/mol. The van der Waals surface area contributed by atoms with Crippen molar-refractivity contribution in [2.24, 2.45) is 11.7 Å². The largest absolute Gasteiger partial charge is 0.459 e. The van der Waals surface area contributed by atoms with Crippen molar-refractivity contribution < 1.29 is 14.0 Å².